The molecule has 2 rings (SSSR count). The first-order valence-corrected chi connectivity index (χ1v) is 6.51. The van der Waals surface area contributed by atoms with Crippen molar-refractivity contribution in [2.45, 2.75) is 45.4 Å². The van der Waals surface area contributed by atoms with Crippen LogP contribution in [-0.4, -0.2) is 52.1 Å². The van der Waals surface area contributed by atoms with Crippen molar-refractivity contribution in [3.05, 3.63) is 11.7 Å². The molecule has 2 unspecified atom stereocenters. The minimum Gasteiger partial charge on any atom is -0.394 e. The lowest BCUT2D eigenvalue weighted by molar-refractivity contribution is -0.0978. The van der Waals surface area contributed by atoms with Crippen LogP contribution in [0.25, 0.3) is 0 Å². The van der Waals surface area contributed by atoms with E-state index in [2.05, 4.69) is 22.0 Å². The highest BCUT2D eigenvalue weighted by Crippen LogP contribution is 2.13. The molecule has 0 radical (unpaired) electrons. The van der Waals surface area contributed by atoms with E-state index in [4.69, 9.17) is 14.4 Å². The topological polar surface area (TPSA) is 71.6 Å². The second kappa shape index (κ2) is 6.26. The number of hydrogen-bond donors (Lipinski definition) is 1. The Morgan fingerprint density at radius 3 is 3.00 bits per heavy atom. The molecule has 0 aromatic carbocycles. The predicted octanol–water partition coefficient (Wildman–Crippen LogP) is 0.604. The van der Waals surface area contributed by atoms with Gasteiger partial charge in [-0.3, -0.25) is 4.90 Å². The zero-order valence-electron chi connectivity index (χ0n) is 11.0. The third-order valence-electron chi connectivity index (χ3n) is 2.94. The second-order valence-corrected chi connectivity index (χ2v) is 4.80. The molecule has 0 saturated carbocycles. The fourth-order valence-electron chi connectivity index (χ4n) is 2.24. The highest BCUT2D eigenvalue weighted by atomic mass is 16.5. The summed E-state index contributed by atoms with van der Waals surface area (Å²) in [6.45, 7) is 6.32. The molecule has 1 aliphatic rings. The van der Waals surface area contributed by atoms with Gasteiger partial charge in [0.25, 0.3) is 0 Å². The van der Waals surface area contributed by atoms with Crippen LogP contribution in [0.5, 0.6) is 0 Å². The van der Waals surface area contributed by atoms with Gasteiger partial charge >= 0.3 is 0 Å². The zero-order valence-corrected chi connectivity index (χ0v) is 11.0. The van der Waals surface area contributed by atoms with Gasteiger partial charge in [-0.15, -0.1) is 0 Å². The van der Waals surface area contributed by atoms with Crippen LogP contribution in [0.2, 0.25) is 0 Å². The van der Waals surface area contributed by atoms with Gasteiger partial charge in [0.05, 0.1) is 25.4 Å². The summed E-state index contributed by atoms with van der Waals surface area (Å²) in [5.74, 6) is 1.41. The first kappa shape index (κ1) is 13.5. The van der Waals surface area contributed by atoms with Gasteiger partial charge in [-0.2, -0.15) is 4.98 Å². The van der Waals surface area contributed by atoms with E-state index in [1.807, 2.05) is 6.92 Å². The number of aliphatic hydroxyl groups is 1. The molecule has 0 amide bonds. The minimum absolute atomic E-state index is 0.0498. The van der Waals surface area contributed by atoms with Crippen molar-refractivity contribution in [1.82, 2.24) is 15.0 Å². The molecule has 1 aromatic rings. The van der Waals surface area contributed by atoms with Crippen molar-refractivity contribution in [2.24, 2.45) is 0 Å². The van der Waals surface area contributed by atoms with Gasteiger partial charge in [0.2, 0.25) is 5.89 Å². The fourth-order valence-corrected chi connectivity index (χ4v) is 2.24. The monoisotopic (exact) mass is 255 g/mol. The third kappa shape index (κ3) is 3.51. The van der Waals surface area contributed by atoms with Crippen molar-refractivity contribution in [1.29, 1.82) is 0 Å². The Kier molecular flexibility index (Phi) is 4.68. The summed E-state index contributed by atoms with van der Waals surface area (Å²) in [5, 5.41) is 13.1. The number of aliphatic hydroxyl groups excluding tert-OH is 1. The molecule has 102 valence electrons. The molecule has 1 aromatic heterocycles. The molecule has 2 atom stereocenters. The number of nitrogens with zero attached hydrogens (tertiary/aromatic N) is 3. The highest BCUT2D eigenvalue weighted by Gasteiger charge is 2.25. The zero-order chi connectivity index (χ0) is 13.0. The lowest BCUT2D eigenvalue weighted by Gasteiger charge is -2.35. The fraction of sp³-hybridized carbons (Fsp3) is 0.833. The Morgan fingerprint density at radius 2 is 2.28 bits per heavy atom. The molecule has 0 aliphatic carbocycles. The van der Waals surface area contributed by atoms with Crippen molar-refractivity contribution < 1.29 is 14.4 Å². The summed E-state index contributed by atoms with van der Waals surface area (Å²) in [7, 11) is 0. The SMILES string of the molecule is CCCc1nc(CN2CC(C)OC(CO)C2)no1. The standard InChI is InChI=1S/C12H21N3O3/c1-3-4-12-13-11(14-18-12)7-15-5-9(2)17-10(6-15)8-16/h9-10,16H,3-8H2,1-2H3. The third-order valence-corrected chi connectivity index (χ3v) is 2.94. The Hall–Kier alpha value is -0.980. The Bertz CT molecular complexity index is 369. The molecule has 0 bridgehead atoms. The van der Waals surface area contributed by atoms with Gasteiger partial charge in [0, 0.05) is 19.5 Å². The van der Waals surface area contributed by atoms with E-state index < -0.39 is 0 Å². The number of aryl methyl sites for hydroxylation is 1. The van der Waals surface area contributed by atoms with E-state index >= 15 is 0 Å². The molecule has 18 heavy (non-hydrogen) atoms. The lowest BCUT2D eigenvalue weighted by atomic mass is 10.2. The van der Waals surface area contributed by atoms with Crippen molar-refractivity contribution in [3.63, 3.8) is 0 Å². The number of aromatic nitrogens is 2. The van der Waals surface area contributed by atoms with E-state index in [-0.39, 0.29) is 18.8 Å². The first-order valence-electron chi connectivity index (χ1n) is 6.51. The van der Waals surface area contributed by atoms with Gasteiger partial charge in [-0.1, -0.05) is 12.1 Å². The molecule has 2 heterocycles. The summed E-state index contributed by atoms with van der Waals surface area (Å²) in [5.41, 5.74) is 0. The van der Waals surface area contributed by atoms with E-state index in [1.54, 1.807) is 0 Å². The smallest absolute Gasteiger partial charge is 0.226 e. The van der Waals surface area contributed by atoms with Crippen LogP contribution in [0.1, 0.15) is 32.0 Å². The van der Waals surface area contributed by atoms with E-state index in [0.717, 1.165) is 19.4 Å². The normalized spacial score (nSPS) is 25.5. The maximum absolute atomic E-state index is 9.17. The second-order valence-electron chi connectivity index (χ2n) is 4.80. The largest absolute Gasteiger partial charge is 0.394 e. The highest BCUT2D eigenvalue weighted by molar-refractivity contribution is 4.88. The summed E-state index contributed by atoms with van der Waals surface area (Å²) in [4.78, 5) is 6.54. The quantitative estimate of drug-likeness (QED) is 0.831. The molecule has 0 spiro atoms. The summed E-state index contributed by atoms with van der Waals surface area (Å²) in [6, 6.07) is 0. The van der Waals surface area contributed by atoms with Crippen molar-refractivity contribution >= 4 is 0 Å². The average molecular weight is 255 g/mol. The van der Waals surface area contributed by atoms with E-state index in [9.17, 15) is 0 Å². The molecular formula is C12H21N3O3. The van der Waals surface area contributed by atoms with Gasteiger partial charge in [0.1, 0.15) is 0 Å². The van der Waals surface area contributed by atoms with Gasteiger partial charge in [-0.25, -0.2) is 0 Å². The molecule has 1 aliphatic heterocycles. The van der Waals surface area contributed by atoms with Crippen LogP contribution in [0.3, 0.4) is 0 Å². The number of ether oxygens (including phenoxy) is 1. The van der Waals surface area contributed by atoms with Crippen LogP contribution in [0.15, 0.2) is 4.52 Å². The number of rotatable bonds is 5. The molecule has 6 heteroatoms. The molecule has 1 saturated heterocycles. The van der Waals surface area contributed by atoms with Crippen molar-refractivity contribution in [3.8, 4) is 0 Å². The summed E-state index contributed by atoms with van der Waals surface area (Å²) >= 11 is 0. The Labute approximate surface area is 107 Å². The van der Waals surface area contributed by atoms with Crippen LogP contribution >= 0.6 is 0 Å². The maximum Gasteiger partial charge on any atom is 0.226 e. The molecular weight excluding hydrogens is 234 g/mol. The predicted molar refractivity (Wildman–Crippen MR) is 65.0 cm³/mol. The molecule has 1 N–H and O–H groups in total. The van der Waals surface area contributed by atoms with Crippen LogP contribution in [0.4, 0.5) is 0 Å². The first-order chi connectivity index (χ1) is 8.71. The average Bonchev–Trinajstić information content (AvgIpc) is 2.76. The lowest BCUT2D eigenvalue weighted by Crippen LogP contribution is -2.47. The van der Waals surface area contributed by atoms with Gasteiger partial charge in [-0.05, 0) is 13.3 Å². The molecule has 1 fully saturated rings. The Morgan fingerprint density at radius 1 is 1.44 bits per heavy atom. The van der Waals surface area contributed by atoms with Crippen LogP contribution in [0, 0.1) is 0 Å². The van der Waals surface area contributed by atoms with Crippen LogP contribution in [-0.2, 0) is 17.7 Å². The van der Waals surface area contributed by atoms with Crippen LogP contribution < -0.4 is 0 Å². The number of hydrogen-bond acceptors (Lipinski definition) is 6. The van der Waals surface area contributed by atoms with E-state index in [1.165, 1.54) is 0 Å². The summed E-state index contributed by atoms with van der Waals surface area (Å²) < 4.78 is 10.7. The van der Waals surface area contributed by atoms with Crippen molar-refractivity contribution in [2.75, 3.05) is 19.7 Å². The molecule has 6 nitrogen and oxygen atoms in total. The summed E-state index contributed by atoms with van der Waals surface area (Å²) in [6.07, 6.45) is 1.84. The minimum atomic E-state index is -0.115. The number of morpholine rings is 1. The van der Waals surface area contributed by atoms with Gasteiger partial charge < -0.3 is 14.4 Å². The Balaban J connectivity index is 1.91. The van der Waals surface area contributed by atoms with Gasteiger partial charge in [0.15, 0.2) is 5.82 Å². The van der Waals surface area contributed by atoms with E-state index in [0.29, 0.717) is 24.8 Å². The maximum atomic E-state index is 9.17.